The summed E-state index contributed by atoms with van der Waals surface area (Å²) in [7, 11) is -3.89. The summed E-state index contributed by atoms with van der Waals surface area (Å²) < 4.78 is 78.3. The Hall–Kier alpha value is -2.70. The molecule has 2 aromatic carbocycles. The number of likely N-dealkylation sites (tertiary alicyclic amines) is 1. The maximum absolute atomic E-state index is 13.6. The lowest BCUT2D eigenvalue weighted by Gasteiger charge is -2.45. The molecule has 7 nitrogen and oxygen atoms in total. The summed E-state index contributed by atoms with van der Waals surface area (Å²) in [6.07, 6.45) is 0.0706. The van der Waals surface area contributed by atoms with E-state index in [1.165, 1.54) is 30.6 Å². The van der Waals surface area contributed by atoms with Crippen LogP contribution in [0.4, 0.5) is 18.3 Å². The first-order chi connectivity index (χ1) is 16.8. The molecule has 35 heavy (non-hydrogen) atoms. The van der Waals surface area contributed by atoms with Crippen LogP contribution in [0.3, 0.4) is 0 Å². The number of nitrogens with zero attached hydrogens (tertiary/aromatic N) is 3. The zero-order chi connectivity index (χ0) is 24.6. The van der Waals surface area contributed by atoms with Gasteiger partial charge in [-0.1, -0.05) is 18.2 Å². The van der Waals surface area contributed by atoms with E-state index in [1.807, 2.05) is 0 Å². The fourth-order valence-electron chi connectivity index (χ4n) is 4.88. The van der Waals surface area contributed by atoms with Crippen molar-refractivity contribution in [3.05, 3.63) is 65.7 Å². The molecule has 1 N–H and O–H groups in total. The topological polar surface area (TPSA) is 84.4 Å². The van der Waals surface area contributed by atoms with Crippen LogP contribution in [0.5, 0.6) is 5.75 Å². The Kier molecular flexibility index (Phi) is 6.69. The van der Waals surface area contributed by atoms with Crippen molar-refractivity contribution in [1.82, 2.24) is 14.3 Å². The number of benzene rings is 2. The SMILES string of the molecule is O=S(=O)(Nc1ncns1)c1ccc2c(c1)OCCC2N1CC[C@@H](C(F)F)C[C@H]1c1ccc(F)cc1. The minimum absolute atomic E-state index is 0.0265. The van der Waals surface area contributed by atoms with E-state index in [-0.39, 0.29) is 34.3 Å². The molecule has 3 aromatic rings. The minimum atomic E-state index is -3.89. The van der Waals surface area contributed by atoms with Gasteiger partial charge < -0.3 is 4.74 Å². The Morgan fingerprint density at radius 1 is 1.11 bits per heavy atom. The second-order valence-corrected chi connectivity index (χ2v) is 11.1. The number of anilines is 1. The number of sulfonamides is 1. The highest BCUT2D eigenvalue weighted by molar-refractivity contribution is 7.93. The molecule has 5 rings (SSSR count). The summed E-state index contributed by atoms with van der Waals surface area (Å²) in [5.74, 6) is -0.677. The molecule has 0 bridgehead atoms. The second kappa shape index (κ2) is 9.75. The summed E-state index contributed by atoms with van der Waals surface area (Å²) in [5, 5.41) is 0.158. The van der Waals surface area contributed by atoms with Crippen LogP contribution in [0.2, 0.25) is 0 Å². The number of aromatic nitrogens is 2. The third-order valence-electron chi connectivity index (χ3n) is 6.58. The molecule has 0 spiro atoms. The van der Waals surface area contributed by atoms with Crippen molar-refractivity contribution in [1.29, 1.82) is 0 Å². The van der Waals surface area contributed by atoms with Gasteiger partial charge in [0.1, 0.15) is 17.9 Å². The zero-order valence-corrected chi connectivity index (χ0v) is 20.1. The van der Waals surface area contributed by atoms with Crippen LogP contribution in [-0.4, -0.2) is 42.3 Å². The van der Waals surface area contributed by atoms with E-state index in [0.29, 0.717) is 31.7 Å². The lowest BCUT2D eigenvalue weighted by Crippen LogP contribution is -2.42. The highest BCUT2D eigenvalue weighted by Crippen LogP contribution is 2.46. The van der Waals surface area contributed by atoms with Crippen LogP contribution >= 0.6 is 11.5 Å². The lowest BCUT2D eigenvalue weighted by atomic mass is 9.84. The molecule has 0 radical (unpaired) electrons. The van der Waals surface area contributed by atoms with Crippen molar-refractivity contribution >= 4 is 26.7 Å². The summed E-state index contributed by atoms with van der Waals surface area (Å²) in [5.41, 5.74) is 1.58. The molecule has 2 aliphatic heterocycles. The summed E-state index contributed by atoms with van der Waals surface area (Å²) in [6, 6.07) is 10.2. The summed E-state index contributed by atoms with van der Waals surface area (Å²) in [6.45, 7) is 0.801. The number of hydrogen-bond donors (Lipinski definition) is 1. The molecule has 3 heterocycles. The van der Waals surface area contributed by atoms with Gasteiger partial charge >= 0.3 is 0 Å². The van der Waals surface area contributed by atoms with Gasteiger partial charge in [0.2, 0.25) is 11.6 Å². The first kappa shape index (κ1) is 24.0. The van der Waals surface area contributed by atoms with Crippen molar-refractivity contribution in [3.8, 4) is 5.75 Å². The van der Waals surface area contributed by atoms with Gasteiger partial charge in [-0.05, 0) is 43.1 Å². The van der Waals surface area contributed by atoms with Gasteiger partial charge in [-0.2, -0.15) is 4.37 Å². The van der Waals surface area contributed by atoms with Crippen LogP contribution in [-0.2, 0) is 10.0 Å². The van der Waals surface area contributed by atoms with E-state index >= 15 is 0 Å². The highest BCUT2D eigenvalue weighted by atomic mass is 32.2. The van der Waals surface area contributed by atoms with Crippen LogP contribution in [0.25, 0.3) is 0 Å². The van der Waals surface area contributed by atoms with Gasteiger partial charge in [-0.15, -0.1) is 0 Å². The molecule has 0 aliphatic carbocycles. The first-order valence-corrected chi connectivity index (χ1v) is 13.4. The Morgan fingerprint density at radius 2 is 1.91 bits per heavy atom. The van der Waals surface area contributed by atoms with Crippen LogP contribution in [0, 0.1) is 11.7 Å². The molecule has 3 atom stereocenters. The molecule has 0 amide bonds. The third kappa shape index (κ3) is 5.00. The number of rotatable bonds is 6. The molecule has 1 unspecified atom stereocenters. The van der Waals surface area contributed by atoms with Crippen molar-refractivity contribution in [3.63, 3.8) is 0 Å². The Bertz CT molecular complexity index is 1270. The van der Waals surface area contributed by atoms with Gasteiger partial charge in [0.15, 0.2) is 0 Å². The number of fused-ring (bicyclic) bond motifs is 1. The molecular weight excluding hydrogens is 501 g/mol. The van der Waals surface area contributed by atoms with Crippen molar-refractivity contribution < 1.29 is 26.3 Å². The average molecular weight is 525 g/mol. The molecule has 1 saturated heterocycles. The second-order valence-electron chi connectivity index (χ2n) is 8.63. The molecule has 2 aliphatic rings. The van der Waals surface area contributed by atoms with Gasteiger partial charge in [0.25, 0.3) is 10.0 Å². The van der Waals surface area contributed by atoms with E-state index in [0.717, 1.165) is 22.7 Å². The predicted octanol–water partition coefficient (Wildman–Crippen LogP) is 5.02. The standard InChI is InChI=1S/C23H23F3N4O3S2/c24-16-3-1-14(2-4-16)20-11-15(22(25)26)7-9-30(20)19-8-10-33-21-12-17(5-6-18(19)21)35(31,32)29-23-27-13-28-34-23/h1-6,12-13,15,19-20,22H,7-11H2,(H,27,28,29)/t15-,19?,20+/m1/s1. The van der Waals surface area contributed by atoms with Crippen LogP contribution in [0.1, 0.15) is 42.5 Å². The summed E-state index contributed by atoms with van der Waals surface area (Å²) >= 11 is 0.927. The molecule has 12 heteroatoms. The van der Waals surface area contributed by atoms with Gasteiger partial charge in [0, 0.05) is 47.6 Å². The fourth-order valence-corrected chi connectivity index (χ4v) is 6.56. The molecule has 0 saturated carbocycles. The summed E-state index contributed by atoms with van der Waals surface area (Å²) in [4.78, 5) is 6.05. The van der Waals surface area contributed by atoms with Crippen molar-refractivity contribution in [2.24, 2.45) is 5.92 Å². The van der Waals surface area contributed by atoms with Crippen molar-refractivity contribution in [2.75, 3.05) is 17.9 Å². The molecule has 186 valence electrons. The Balaban J connectivity index is 1.45. The molecular formula is C23H23F3N4O3S2. The fraction of sp³-hybridized carbons (Fsp3) is 0.391. The quantitative estimate of drug-likeness (QED) is 0.488. The van der Waals surface area contributed by atoms with E-state index in [1.54, 1.807) is 18.2 Å². The van der Waals surface area contributed by atoms with Crippen LogP contribution < -0.4 is 9.46 Å². The predicted molar refractivity (Wildman–Crippen MR) is 125 cm³/mol. The monoisotopic (exact) mass is 524 g/mol. The Labute approximate surface area is 205 Å². The smallest absolute Gasteiger partial charge is 0.263 e. The van der Waals surface area contributed by atoms with E-state index in [4.69, 9.17) is 4.74 Å². The zero-order valence-electron chi connectivity index (χ0n) is 18.5. The van der Waals surface area contributed by atoms with E-state index in [9.17, 15) is 21.6 Å². The highest BCUT2D eigenvalue weighted by Gasteiger charge is 2.39. The number of nitrogens with one attached hydrogen (secondary N) is 1. The van der Waals surface area contributed by atoms with E-state index in [2.05, 4.69) is 19.0 Å². The van der Waals surface area contributed by atoms with Crippen LogP contribution in [0.15, 0.2) is 53.7 Å². The maximum atomic E-state index is 13.6. The van der Waals surface area contributed by atoms with Gasteiger partial charge in [0.05, 0.1) is 11.5 Å². The number of alkyl halides is 2. The normalized spacial score (nSPS) is 23.0. The maximum Gasteiger partial charge on any atom is 0.263 e. The largest absolute Gasteiger partial charge is 0.493 e. The number of hydrogen-bond acceptors (Lipinski definition) is 7. The third-order valence-corrected chi connectivity index (χ3v) is 8.63. The number of piperidine rings is 1. The lowest BCUT2D eigenvalue weighted by molar-refractivity contribution is -0.0134. The average Bonchev–Trinajstić information content (AvgIpc) is 3.36. The van der Waals surface area contributed by atoms with Crippen molar-refractivity contribution in [2.45, 2.75) is 42.7 Å². The van der Waals surface area contributed by atoms with E-state index < -0.39 is 22.4 Å². The molecule has 1 fully saturated rings. The Morgan fingerprint density at radius 3 is 2.63 bits per heavy atom. The van der Waals surface area contributed by atoms with Gasteiger partial charge in [-0.3, -0.25) is 9.62 Å². The number of ether oxygens (including phenoxy) is 1. The minimum Gasteiger partial charge on any atom is -0.493 e. The van der Waals surface area contributed by atoms with Gasteiger partial charge in [-0.25, -0.2) is 26.6 Å². The number of halogens is 3. The first-order valence-electron chi connectivity index (χ1n) is 11.2. The molecule has 1 aromatic heterocycles.